The molecule has 20 nitrogen and oxygen atoms in total. The summed E-state index contributed by atoms with van der Waals surface area (Å²) in [5.74, 6) is 0. The maximum absolute atomic E-state index is 14.6. The molecule has 0 aliphatic carbocycles. The van der Waals surface area contributed by atoms with E-state index in [1.165, 1.54) is 35.4 Å². The van der Waals surface area contributed by atoms with Crippen LogP contribution in [0.25, 0.3) is 10.4 Å². The Labute approximate surface area is 350 Å². The fourth-order valence-electron chi connectivity index (χ4n) is 7.14. The van der Waals surface area contributed by atoms with Crippen molar-refractivity contribution in [1.82, 2.24) is 18.3 Å². The molecule has 0 aromatic carbocycles. The number of nitrogens with zero attached hydrogens (tertiary/aromatic N) is 7. The second-order valence-corrected chi connectivity index (χ2v) is 29.9. The third-order valence-corrected chi connectivity index (χ3v) is 22.7. The summed E-state index contributed by atoms with van der Waals surface area (Å²) in [5, 5.41) is 13.6. The van der Waals surface area contributed by atoms with Crippen LogP contribution in [0.1, 0.15) is 78.0 Å². The molecule has 5 rings (SSSR count). The molecule has 2 aromatic heterocycles. The highest BCUT2D eigenvalue weighted by Crippen LogP contribution is 2.52. The minimum Gasteiger partial charge on any atom is -0.414 e. The third-order valence-electron chi connectivity index (χ3n) is 12.7. The number of aliphatic hydroxyl groups is 1. The summed E-state index contributed by atoms with van der Waals surface area (Å²) >= 11 is 0. The molecule has 3 unspecified atom stereocenters. The van der Waals surface area contributed by atoms with Gasteiger partial charge in [0.1, 0.15) is 18.4 Å². The first-order chi connectivity index (χ1) is 27.5. The van der Waals surface area contributed by atoms with E-state index in [0.717, 1.165) is 14.5 Å². The van der Waals surface area contributed by atoms with Crippen molar-refractivity contribution in [3.8, 4) is 0 Å². The lowest BCUT2D eigenvalue weighted by Gasteiger charge is -2.43. The zero-order chi connectivity index (χ0) is 45.1. The summed E-state index contributed by atoms with van der Waals surface area (Å²) in [6, 6.07) is -0.740. The van der Waals surface area contributed by atoms with E-state index in [0.29, 0.717) is 0 Å². The minimum absolute atomic E-state index is 0.0251. The van der Waals surface area contributed by atoms with Gasteiger partial charge in [0, 0.05) is 47.9 Å². The second-order valence-electron chi connectivity index (χ2n) is 18.9. The molecule has 23 heteroatoms. The number of nitrogens with two attached hydrogens (primary N) is 1. The monoisotopic (exact) mass is 896 g/mol. The number of aromatic nitrogens is 4. The van der Waals surface area contributed by atoms with Crippen LogP contribution in [0.4, 0.5) is 0 Å². The van der Waals surface area contributed by atoms with Gasteiger partial charge in [-0.05, 0) is 62.1 Å². The average molecular weight is 897 g/mol. The number of rotatable bonds is 13. The molecular formula is C37H60N8O12SSi2. The Morgan fingerprint density at radius 3 is 1.95 bits per heavy atom. The maximum atomic E-state index is 14.6. The standard InChI is InChI=1S/C37H60N8O12SSi2/c1-22-17-44(28-16-24(40-41-39)25(19-46)54-28)33(49)42(30(22)47)14-13-15-43-31(48)23(2)18-45(34(43)50)32-29(56-60(11,12)36(6,7)8)37(26(38)21-58(51,52)57-37)27(55-32)20-53-59(9,10)35(3,4)5/h17-18,21,24-25,27-29,32,46H,13-16,19-20,38H2,1-12H3/t24-,25+,27+,28?,29-,32?,37?/m0/s1. The van der Waals surface area contributed by atoms with Gasteiger partial charge >= 0.3 is 11.4 Å². The SMILES string of the molecule is Cc1cn(C2C[C@H](N=[N+]=[N-])[C@@H](CO)O2)c(=O)n(CCCn2c(=O)c(C)cn(C3O[C@H](CO[Si](C)(C)C(C)(C)C)C4(OS(=O)(=O)C=C4N)[C@H]3O[Si](C)(C)C(C)(C)C)c2=O)c1=O. The summed E-state index contributed by atoms with van der Waals surface area (Å²) in [4.78, 5) is 58.1. The van der Waals surface area contributed by atoms with E-state index in [1.807, 2.05) is 47.0 Å². The highest BCUT2D eigenvalue weighted by molar-refractivity contribution is 7.90. The first kappa shape index (κ1) is 47.4. The second kappa shape index (κ2) is 16.6. The predicted octanol–water partition coefficient (Wildman–Crippen LogP) is 3.21. The van der Waals surface area contributed by atoms with Gasteiger partial charge in [-0.1, -0.05) is 46.7 Å². The molecule has 0 saturated carbocycles. The first-order valence-corrected chi connectivity index (χ1v) is 27.2. The minimum atomic E-state index is -4.34. The van der Waals surface area contributed by atoms with Gasteiger partial charge in [-0.25, -0.2) is 13.8 Å². The van der Waals surface area contributed by atoms with E-state index in [9.17, 15) is 32.7 Å². The van der Waals surface area contributed by atoms with E-state index in [-0.39, 0.29) is 54.4 Å². The van der Waals surface area contributed by atoms with Gasteiger partial charge in [-0.3, -0.25) is 27.9 Å². The van der Waals surface area contributed by atoms with E-state index in [1.54, 1.807) is 0 Å². The Hall–Kier alpha value is -3.65. The molecule has 7 atom stereocenters. The van der Waals surface area contributed by atoms with Gasteiger partial charge in [-0.2, -0.15) is 8.42 Å². The Bertz CT molecular complexity index is 2420. The smallest absolute Gasteiger partial charge is 0.333 e. The van der Waals surface area contributed by atoms with Gasteiger partial charge < -0.3 is 29.2 Å². The highest BCUT2D eigenvalue weighted by Gasteiger charge is 2.67. The van der Waals surface area contributed by atoms with Crippen LogP contribution in [-0.4, -0.2) is 91.6 Å². The summed E-state index contributed by atoms with van der Waals surface area (Å²) in [6.45, 7) is 22.1. The molecule has 2 aromatic rings. The number of ether oxygens (including phenoxy) is 2. The molecular weight excluding hydrogens is 837 g/mol. The topological polar surface area (TPSA) is 263 Å². The lowest BCUT2D eigenvalue weighted by Crippen LogP contribution is -2.59. The maximum Gasteiger partial charge on any atom is 0.333 e. The van der Waals surface area contributed by atoms with Crippen LogP contribution in [0.15, 0.2) is 47.8 Å². The van der Waals surface area contributed by atoms with Gasteiger partial charge in [0.15, 0.2) is 28.5 Å². The molecule has 5 heterocycles. The Morgan fingerprint density at radius 1 is 0.933 bits per heavy atom. The molecule has 3 aliphatic rings. The lowest BCUT2D eigenvalue weighted by molar-refractivity contribution is -0.0567. The number of azide groups is 1. The quantitative estimate of drug-likeness (QED) is 0.0963. The largest absolute Gasteiger partial charge is 0.414 e. The van der Waals surface area contributed by atoms with Crippen LogP contribution in [0.5, 0.6) is 0 Å². The predicted molar refractivity (Wildman–Crippen MR) is 227 cm³/mol. The lowest BCUT2D eigenvalue weighted by atomic mass is 9.89. The molecule has 1 spiro atoms. The van der Waals surface area contributed by atoms with Crippen LogP contribution in [0, 0.1) is 13.8 Å². The molecule has 334 valence electrons. The van der Waals surface area contributed by atoms with Crippen molar-refractivity contribution in [3.05, 3.63) is 86.7 Å². The molecule has 0 bridgehead atoms. The van der Waals surface area contributed by atoms with Gasteiger partial charge in [-0.15, -0.1) is 0 Å². The summed E-state index contributed by atoms with van der Waals surface area (Å²) in [7, 11) is -9.68. The summed E-state index contributed by atoms with van der Waals surface area (Å²) in [6.07, 6.45) is -2.91. The number of hydrogen-bond acceptors (Lipinski definition) is 14. The Kier molecular flexibility index (Phi) is 13.1. The molecule has 0 amide bonds. The molecule has 0 radical (unpaired) electrons. The Balaban J connectivity index is 1.56. The van der Waals surface area contributed by atoms with Crippen molar-refractivity contribution in [1.29, 1.82) is 0 Å². The molecule has 2 fully saturated rings. The van der Waals surface area contributed by atoms with Gasteiger partial charge in [0.05, 0.1) is 36.5 Å². The van der Waals surface area contributed by atoms with E-state index >= 15 is 0 Å². The van der Waals surface area contributed by atoms with Crippen molar-refractivity contribution in [2.75, 3.05) is 13.2 Å². The van der Waals surface area contributed by atoms with Crippen molar-refractivity contribution < 1.29 is 36.0 Å². The fourth-order valence-corrected chi connectivity index (χ4v) is 10.6. The van der Waals surface area contributed by atoms with Crippen molar-refractivity contribution >= 4 is 26.8 Å². The first-order valence-electron chi connectivity index (χ1n) is 19.9. The summed E-state index contributed by atoms with van der Waals surface area (Å²) in [5.41, 5.74) is 11.0. The Morgan fingerprint density at radius 2 is 1.47 bits per heavy atom. The van der Waals surface area contributed by atoms with Crippen LogP contribution in [0.2, 0.25) is 36.3 Å². The number of aliphatic hydroxyl groups excluding tert-OH is 1. The fraction of sp³-hybridized carbons (Fsp3) is 0.730. The normalized spacial score (nSPS) is 27.1. The van der Waals surface area contributed by atoms with Crippen LogP contribution in [0.3, 0.4) is 0 Å². The molecule has 2 saturated heterocycles. The van der Waals surface area contributed by atoms with Gasteiger partial charge in [0.2, 0.25) is 0 Å². The van der Waals surface area contributed by atoms with E-state index in [2.05, 4.69) is 30.8 Å². The molecule has 3 aliphatic heterocycles. The molecule has 60 heavy (non-hydrogen) atoms. The van der Waals surface area contributed by atoms with Crippen molar-refractivity contribution in [2.45, 2.75) is 160 Å². The molecule has 3 N–H and O–H groups in total. The highest BCUT2D eigenvalue weighted by atomic mass is 32.2. The van der Waals surface area contributed by atoms with Crippen LogP contribution in [-0.2, 0) is 45.7 Å². The van der Waals surface area contributed by atoms with E-state index < -0.39 is 103 Å². The third kappa shape index (κ3) is 8.70. The van der Waals surface area contributed by atoms with E-state index in [4.69, 9.17) is 33.8 Å². The number of hydrogen-bond donors (Lipinski definition) is 2. The zero-order valence-electron chi connectivity index (χ0n) is 36.5. The average Bonchev–Trinajstić information content (AvgIpc) is 3.75. The van der Waals surface area contributed by atoms with Crippen LogP contribution >= 0.6 is 0 Å². The van der Waals surface area contributed by atoms with Crippen molar-refractivity contribution in [2.24, 2.45) is 10.8 Å². The van der Waals surface area contributed by atoms with Crippen molar-refractivity contribution in [3.63, 3.8) is 0 Å². The number of aryl methyl sites for hydroxylation is 2. The van der Waals surface area contributed by atoms with Gasteiger partial charge in [0.25, 0.3) is 21.2 Å². The summed E-state index contributed by atoms with van der Waals surface area (Å²) < 4.78 is 62.7. The van der Waals surface area contributed by atoms with Crippen LogP contribution < -0.4 is 28.2 Å². The zero-order valence-corrected chi connectivity index (χ0v) is 39.3.